The Kier molecular flexibility index (Phi) is 8.72. The number of amides is 4. The van der Waals surface area contributed by atoms with Gasteiger partial charge in [-0.1, -0.05) is 60.5 Å². The number of carbonyl (C=O) groups excluding carboxylic acids is 4. The molecule has 2 heterocycles. The predicted octanol–water partition coefficient (Wildman–Crippen LogP) is 3.16. The summed E-state index contributed by atoms with van der Waals surface area (Å²) in [7, 11) is 0. The first kappa shape index (κ1) is 30.7. The first-order chi connectivity index (χ1) is 21.0. The molecule has 4 atom stereocenters. The molecule has 0 unspecified atom stereocenters. The second kappa shape index (κ2) is 12.5. The number of hydrogen-bond acceptors (Lipinski definition) is 7. The molecule has 2 aliphatic rings. The number of carbonyl (C=O) groups is 4. The monoisotopic (exact) mass is 598 g/mol. The van der Waals surface area contributed by atoms with Crippen LogP contribution < -0.4 is 21.7 Å². The zero-order valence-electron chi connectivity index (χ0n) is 25.2. The van der Waals surface area contributed by atoms with E-state index in [1.807, 2.05) is 56.3 Å². The van der Waals surface area contributed by atoms with Gasteiger partial charge in [0.25, 0.3) is 5.91 Å². The molecule has 1 saturated heterocycles. The van der Waals surface area contributed by atoms with E-state index in [0.29, 0.717) is 12.8 Å². The number of nitriles is 1. The number of nitrogens with zero attached hydrogens (tertiary/aromatic N) is 2. The van der Waals surface area contributed by atoms with Gasteiger partial charge in [0.05, 0.1) is 12.0 Å². The number of nitrogens with two attached hydrogens (primary N) is 1. The van der Waals surface area contributed by atoms with E-state index >= 15 is 0 Å². The fourth-order valence-corrected chi connectivity index (χ4v) is 6.26. The van der Waals surface area contributed by atoms with Crippen molar-refractivity contribution in [2.24, 2.45) is 17.6 Å². The lowest BCUT2D eigenvalue weighted by Gasteiger charge is -2.24. The van der Waals surface area contributed by atoms with Crippen LogP contribution >= 0.6 is 0 Å². The van der Waals surface area contributed by atoms with E-state index < -0.39 is 41.6 Å². The molecule has 5 rings (SSSR count). The van der Waals surface area contributed by atoms with Crippen LogP contribution in [-0.2, 0) is 20.8 Å². The van der Waals surface area contributed by atoms with E-state index in [4.69, 9.17) is 10.3 Å². The maximum absolute atomic E-state index is 14.1. The first-order valence-corrected chi connectivity index (χ1v) is 15.0. The van der Waals surface area contributed by atoms with Crippen LogP contribution in [0.25, 0.3) is 10.8 Å². The highest BCUT2D eigenvalue weighted by molar-refractivity contribution is 5.97. The number of nitrogens with one attached hydrogen (secondary N) is 3. The molecule has 0 spiro atoms. The van der Waals surface area contributed by atoms with Crippen LogP contribution in [0.15, 0.2) is 47.0 Å². The third-order valence-electron chi connectivity index (χ3n) is 8.59. The highest BCUT2D eigenvalue weighted by Gasteiger charge is 2.40. The van der Waals surface area contributed by atoms with E-state index in [-0.39, 0.29) is 47.2 Å². The number of hydrogen-bond donors (Lipinski definition) is 4. The van der Waals surface area contributed by atoms with Crippen molar-refractivity contribution in [2.45, 2.75) is 82.8 Å². The van der Waals surface area contributed by atoms with Crippen molar-refractivity contribution in [3.05, 3.63) is 65.0 Å². The molecule has 1 aliphatic heterocycles. The Bertz CT molecular complexity index is 1630. The Hall–Kier alpha value is -4.72. The maximum Gasteiger partial charge on any atom is 0.271 e. The van der Waals surface area contributed by atoms with Crippen molar-refractivity contribution in [3.63, 3.8) is 0 Å². The molecule has 4 amide bonds. The number of benzene rings is 2. The second-order valence-electron chi connectivity index (χ2n) is 12.7. The van der Waals surface area contributed by atoms with E-state index in [2.05, 4.69) is 27.2 Å². The quantitative estimate of drug-likeness (QED) is 0.247. The average Bonchev–Trinajstić information content (AvgIpc) is 3.65. The maximum atomic E-state index is 14.1. The molecule has 2 fully saturated rings. The number of rotatable bonds is 12. The van der Waals surface area contributed by atoms with Crippen molar-refractivity contribution in [2.75, 3.05) is 0 Å². The molecule has 230 valence electrons. The largest absolute Gasteiger partial charge is 0.364 e. The lowest BCUT2D eigenvalue weighted by molar-refractivity contribution is -0.130. The number of fused-ring (bicyclic) bond motifs is 1. The summed E-state index contributed by atoms with van der Waals surface area (Å²) in [6, 6.07) is 13.9. The molecule has 11 heteroatoms. The molecule has 44 heavy (non-hydrogen) atoms. The minimum absolute atomic E-state index is 0.131. The van der Waals surface area contributed by atoms with Gasteiger partial charge in [0.1, 0.15) is 17.8 Å². The van der Waals surface area contributed by atoms with Crippen LogP contribution in [-0.4, -0.2) is 46.4 Å². The minimum Gasteiger partial charge on any atom is -0.364 e. The summed E-state index contributed by atoms with van der Waals surface area (Å²) in [5, 5.41) is 24.2. The van der Waals surface area contributed by atoms with Gasteiger partial charge in [0, 0.05) is 17.0 Å². The fourth-order valence-electron chi connectivity index (χ4n) is 6.26. The van der Waals surface area contributed by atoms with Gasteiger partial charge in [-0.25, -0.2) is 0 Å². The third kappa shape index (κ3) is 6.91. The number of aryl methyl sites for hydroxylation is 1. The Balaban J connectivity index is 1.40. The van der Waals surface area contributed by atoms with E-state index in [1.54, 1.807) is 6.92 Å². The van der Waals surface area contributed by atoms with Crippen molar-refractivity contribution in [1.82, 2.24) is 21.1 Å². The SMILES string of the molecule is Cc1onc(C(N)=O)c1[C@H](Cc1cccc2ccccc12)C(=O)N[C@@H](CC1CC1)C(=O)N[C@H](C#N)C[C@@H]1CC(C)(C)NC1=O. The zero-order chi connectivity index (χ0) is 31.6. The van der Waals surface area contributed by atoms with Crippen LogP contribution in [0.2, 0.25) is 0 Å². The Morgan fingerprint density at radius 2 is 1.84 bits per heavy atom. The average molecular weight is 599 g/mol. The van der Waals surface area contributed by atoms with Gasteiger partial charge < -0.3 is 26.2 Å². The lowest BCUT2D eigenvalue weighted by Crippen LogP contribution is -2.51. The Morgan fingerprint density at radius 1 is 1.11 bits per heavy atom. The topological polar surface area (TPSA) is 180 Å². The normalized spacial score (nSPS) is 19.4. The molecule has 1 aromatic heterocycles. The highest BCUT2D eigenvalue weighted by Crippen LogP contribution is 2.35. The molecule has 11 nitrogen and oxygen atoms in total. The minimum atomic E-state index is -0.944. The van der Waals surface area contributed by atoms with E-state index in [9.17, 15) is 24.4 Å². The molecular weight excluding hydrogens is 560 g/mol. The molecule has 3 aromatic rings. The predicted molar refractivity (Wildman–Crippen MR) is 162 cm³/mol. The van der Waals surface area contributed by atoms with Crippen molar-refractivity contribution >= 4 is 34.4 Å². The Morgan fingerprint density at radius 3 is 2.50 bits per heavy atom. The van der Waals surface area contributed by atoms with Gasteiger partial charge in [-0.05, 0) is 68.7 Å². The number of primary amides is 1. The highest BCUT2D eigenvalue weighted by atomic mass is 16.5. The van der Waals surface area contributed by atoms with Gasteiger partial charge in [-0.3, -0.25) is 19.2 Å². The van der Waals surface area contributed by atoms with Crippen LogP contribution in [0.5, 0.6) is 0 Å². The molecule has 0 bridgehead atoms. The van der Waals surface area contributed by atoms with Gasteiger partial charge in [0.2, 0.25) is 17.7 Å². The number of aromatic nitrogens is 1. The lowest BCUT2D eigenvalue weighted by atomic mass is 9.87. The zero-order valence-corrected chi connectivity index (χ0v) is 25.2. The molecular formula is C33H38N6O5. The molecule has 1 aliphatic carbocycles. The molecule has 1 saturated carbocycles. The second-order valence-corrected chi connectivity index (χ2v) is 12.7. The summed E-state index contributed by atoms with van der Waals surface area (Å²) in [4.78, 5) is 52.5. The van der Waals surface area contributed by atoms with Crippen molar-refractivity contribution in [3.8, 4) is 6.07 Å². The van der Waals surface area contributed by atoms with Crippen LogP contribution in [0.4, 0.5) is 0 Å². The molecule has 5 N–H and O–H groups in total. The van der Waals surface area contributed by atoms with Crippen molar-refractivity contribution < 1.29 is 23.7 Å². The smallest absolute Gasteiger partial charge is 0.271 e. The van der Waals surface area contributed by atoms with Gasteiger partial charge in [0.15, 0.2) is 5.69 Å². The van der Waals surface area contributed by atoms with Crippen LogP contribution in [0, 0.1) is 30.1 Å². The van der Waals surface area contributed by atoms with Crippen LogP contribution in [0.3, 0.4) is 0 Å². The Labute approximate surface area is 255 Å². The van der Waals surface area contributed by atoms with Crippen molar-refractivity contribution in [1.29, 1.82) is 5.26 Å². The fraction of sp³-hybridized carbons (Fsp3) is 0.455. The van der Waals surface area contributed by atoms with Gasteiger partial charge in [-0.2, -0.15) is 5.26 Å². The summed E-state index contributed by atoms with van der Waals surface area (Å²) >= 11 is 0. The summed E-state index contributed by atoms with van der Waals surface area (Å²) in [6.45, 7) is 5.45. The summed E-state index contributed by atoms with van der Waals surface area (Å²) in [5.41, 5.74) is 6.25. The van der Waals surface area contributed by atoms with Crippen LogP contribution in [0.1, 0.15) is 79.2 Å². The third-order valence-corrected chi connectivity index (χ3v) is 8.59. The van der Waals surface area contributed by atoms with E-state index in [0.717, 1.165) is 29.2 Å². The molecule has 0 radical (unpaired) electrons. The van der Waals surface area contributed by atoms with Gasteiger partial charge >= 0.3 is 0 Å². The first-order valence-electron chi connectivity index (χ1n) is 15.0. The summed E-state index contributed by atoms with van der Waals surface area (Å²) in [5.74, 6) is -2.74. The van der Waals surface area contributed by atoms with E-state index in [1.165, 1.54) is 0 Å². The molecule has 2 aromatic carbocycles. The standard InChI is InChI=1S/C33H38N6O5/c1-18-27(28(29(35)40)39-44-18)25(15-21-9-6-8-20-7-4-5-10-24(20)21)31(42)37-26(13-19-11-12-19)32(43)36-23(17-34)14-22-16-33(2,3)38-30(22)41/h4-10,19,22-23,25-26H,11-16H2,1-3H3,(H2,35,40)(H,36,43)(H,37,42)(H,38,41)/t22-,23+,25+,26+/m1/s1. The summed E-state index contributed by atoms with van der Waals surface area (Å²) < 4.78 is 5.32. The van der Waals surface area contributed by atoms with Gasteiger partial charge in [-0.15, -0.1) is 0 Å². The summed E-state index contributed by atoms with van der Waals surface area (Å²) in [6.07, 6.45) is 3.20.